The van der Waals surface area contributed by atoms with Crippen LogP contribution in [0.4, 0.5) is 5.69 Å². The van der Waals surface area contributed by atoms with Crippen molar-refractivity contribution in [1.29, 1.82) is 0 Å². The Labute approximate surface area is 122 Å². The number of nitrogens with zero attached hydrogens (tertiary/aromatic N) is 1. The van der Waals surface area contributed by atoms with E-state index in [0.717, 1.165) is 13.1 Å². The Hall–Kier alpha value is -1.80. The van der Waals surface area contributed by atoms with Crippen LogP contribution >= 0.6 is 0 Å². The van der Waals surface area contributed by atoms with Crippen LogP contribution in [0, 0.1) is 13.8 Å². The normalized spacial score (nSPS) is 10.6. The van der Waals surface area contributed by atoms with E-state index in [9.17, 15) is 0 Å². The summed E-state index contributed by atoms with van der Waals surface area (Å²) in [7, 11) is 4.13. The summed E-state index contributed by atoms with van der Waals surface area (Å²) in [5.41, 5.74) is 6.64. The smallest absolute Gasteiger partial charge is 0.0426 e. The Bertz CT molecular complexity index is 575. The zero-order valence-corrected chi connectivity index (χ0v) is 12.9. The lowest BCUT2D eigenvalue weighted by molar-refractivity contribution is 0.811. The predicted octanol–water partition coefficient (Wildman–Crippen LogP) is 3.66. The lowest BCUT2D eigenvalue weighted by Gasteiger charge is -2.21. The molecule has 0 aromatic heterocycles. The van der Waals surface area contributed by atoms with Gasteiger partial charge in [-0.1, -0.05) is 35.9 Å². The molecule has 0 aliphatic heterocycles. The minimum Gasteiger partial charge on any atom is -0.370 e. The maximum atomic E-state index is 3.21. The standard InChI is InChI=1S/C18H24N2/c1-14-6-5-7-16(10-14)13-20(4)18-9-8-17(12-19-3)15(2)11-18/h5-11,19H,12-13H2,1-4H3. The van der Waals surface area contributed by atoms with Gasteiger partial charge in [0.2, 0.25) is 0 Å². The molecule has 0 unspecified atom stereocenters. The van der Waals surface area contributed by atoms with Crippen molar-refractivity contribution < 1.29 is 0 Å². The van der Waals surface area contributed by atoms with Crippen molar-refractivity contribution in [2.75, 3.05) is 19.0 Å². The van der Waals surface area contributed by atoms with E-state index in [0.29, 0.717) is 0 Å². The van der Waals surface area contributed by atoms with Crippen molar-refractivity contribution in [3.63, 3.8) is 0 Å². The number of benzene rings is 2. The molecule has 1 N–H and O–H groups in total. The number of nitrogens with one attached hydrogen (secondary N) is 1. The molecule has 20 heavy (non-hydrogen) atoms. The first-order chi connectivity index (χ1) is 9.60. The monoisotopic (exact) mass is 268 g/mol. The number of rotatable bonds is 5. The van der Waals surface area contributed by atoms with Crippen LogP contribution in [0.25, 0.3) is 0 Å². The molecule has 2 rings (SSSR count). The SMILES string of the molecule is CNCc1ccc(N(C)Cc2cccc(C)c2)cc1C. The summed E-state index contributed by atoms with van der Waals surface area (Å²) in [4.78, 5) is 2.30. The highest BCUT2D eigenvalue weighted by molar-refractivity contribution is 5.50. The van der Waals surface area contributed by atoms with E-state index >= 15 is 0 Å². The van der Waals surface area contributed by atoms with Crippen LogP contribution in [-0.2, 0) is 13.1 Å². The fourth-order valence-electron chi connectivity index (χ4n) is 2.48. The van der Waals surface area contributed by atoms with Crippen LogP contribution < -0.4 is 10.2 Å². The van der Waals surface area contributed by atoms with E-state index in [4.69, 9.17) is 0 Å². The molecule has 0 aliphatic carbocycles. The molecule has 0 saturated carbocycles. The molecule has 106 valence electrons. The Kier molecular flexibility index (Phi) is 4.80. The molecule has 2 aromatic rings. The molecule has 0 saturated heterocycles. The lowest BCUT2D eigenvalue weighted by Crippen LogP contribution is -2.17. The molecular formula is C18H24N2. The molecule has 2 heteroatoms. The molecule has 0 atom stereocenters. The highest BCUT2D eigenvalue weighted by Crippen LogP contribution is 2.20. The molecule has 0 bridgehead atoms. The Balaban J connectivity index is 2.13. The molecule has 0 aliphatic rings. The summed E-state index contributed by atoms with van der Waals surface area (Å²) in [6.45, 7) is 6.18. The fourth-order valence-corrected chi connectivity index (χ4v) is 2.48. The third kappa shape index (κ3) is 3.61. The second-order valence-corrected chi connectivity index (χ2v) is 5.49. The van der Waals surface area contributed by atoms with E-state index in [2.05, 4.69) is 73.6 Å². The molecule has 0 radical (unpaired) electrons. The number of hydrogen-bond donors (Lipinski definition) is 1. The summed E-state index contributed by atoms with van der Waals surface area (Å²) in [5, 5.41) is 3.21. The van der Waals surface area contributed by atoms with Gasteiger partial charge in [-0.2, -0.15) is 0 Å². The summed E-state index contributed by atoms with van der Waals surface area (Å²) < 4.78 is 0. The molecule has 0 heterocycles. The van der Waals surface area contributed by atoms with Gasteiger partial charge in [0.25, 0.3) is 0 Å². The van der Waals surface area contributed by atoms with E-state index in [1.807, 2.05) is 7.05 Å². The third-order valence-electron chi connectivity index (χ3n) is 3.64. The Morgan fingerprint density at radius 2 is 1.85 bits per heavy atom. The van der Waals surface area contributed by atoms with E-state index in [1.54, 1.807) is 0 Å². The van der Waals surface area contributed by atoms with E-state index < -0.39 is 0 Å². The molecular weight excluding hydrogens is 244 g/mol. The molecule has 0 spiro atoms. The third-order valence-corrected chi connectivity index (χ3v) is 3.64. The van der Waals surface area contributed by atoms with Crippen LogP contribution in [0.3, 0.4) is 0 Å². The van der Waals surface area contributed by atoms with Gasteiger partial charge in [-0.25, -0.2) is 0 Å². The summed E-state index contributed by atoms with van der Waals surface area (Å²) >= 11 is 0. The van der Waals surface area contributed by atoms with E-state index in [1.165, 1.54) is 27.9 Å². The van der Waals surface area contributed by atoms with Crippen molar-refractivity contribution in [3.8, 4) is 0 Å². The van der Waals surface area contributed by atoms with E-state index in [-0.39, 0.29) is 0 Å². The molecule has 2 aromatic carbocycles. The zero-order chi connectivity index (χ0) is 14.5. The minimum absolute atomic E-state index is 0.924. The summed E-state index contributed by atoms with van der Waals surface area (Å²) in [6, 6.07) is 15.4. The first-order valence-corrected chi connectivity index (χ1v) is 7.11. The molecule has 2 nitrogen and oxygen atoms in total. The Morgan fingerprint density at radius 3 is 2.50 bits per heavy atom. The highest BCUT2D eigenvalue weighted by atomic mass is 15.1. The molecule has 0 fully saturated rings. The second kappa shape index (κ2) is 6.58. The number of anilines is 1. The maximum absolute atomic E-state index is 3.21. The van der Waals surface area contributed by atoms with Crippen LogP contribution in [0.2, 0.25) is 0 Å². The lowest BCUT2D eigenvalue weighted by atomic mass is 10.1. The minimum atomic E-state index is 0.924. The van der Waals surface area contributed by atoms with Crippen LogP contribution in [0.1, 0.15) is 22.3 Å². The van der Waals surface area contributed by atoms with Crippen LogP contribution in [-0.4, -0.2) is 14.1 Å². The topological polar surface area (TPSA) is 15.3 Å². The summed E-state index contributed by atoms with van der Waals surface area (Å²) in [5.74, 6) is 0. The number of hydrogen-bond acceptors (Lipinski definition) is 2. The van der Waals surface area contributed by atoms with Crippen molar-refractivity contribution in [3.05, 3.63) is 64.7 Å². The fraction of sp³-hybridized carbons (Fsp3) is 0.333. The van der Waals surface area contributed by atoms with Crippen molar-refractivity contribution in [2.45, 2.75) is 26.9 Å². The van der Waals surface area contributed by atoms with Gasteiger partial charge in [0.1, 0.15) is 0 Å². The highest BCUT2D eigenvalue weighted by Gasteiger charge is 2.05. The van der Waals surface area contributed by atoms with Gasteiger partial charge in [0.05, 0.1) is 0 Å². The Morgan fingerprint density at radius 1 is 1.05 bits per heavy atom. The van der Waals surface area contributed by atoms with Crippen molar-refractivity contribution >= 4 is 5.69 Å². The van der Waals surface area contributed by atoms with Gasteiger partial charge < -0.3 is 10.2 Å². The van der Waals surface area contributed by atoms with Crippen LogP contribution in [0.5, 0.6) is 0 Å². The predicted molar refractivity (Wildman–Crippen MR) is 87.2 cm³/mol. The number of aryl methyl sites for hydroxylation is 2. The van der Waals surface area contributed by atoms with Gasteiger partial charge in [-0.3, -0.25) is 0 Å². The van der Waals surface area contributed by atoms with Gasteiger partial charge in [-0.05, 0) is 49.7 Å². The van der Waals surface area contributed by atoms with Crippen LogP contribution in [0.15, 0.2) is 42.5 Å². The average molecular weight is 268 g/mol. The van der Waals surface area contributed by atoms with Crippen molar-refractivity contribution in [1.82, 2.24) is 5.32 Å². The van der Waals surface area contributed by atoms with Gasteiger partial charge in [0, 0.05) is 25.8 Å². The summed E-state index contributed by atoms with van der Waals surface area (Å²) in [6.07, 6.45) is 0. The van der Waals surface area contributed by atoms with Crippen molar-refractivity contribution in [2.24, 2.45) is 0 Å². The van der Waals surface area contributed by atoms with Gasteiger partial charge in [0.15, 0.2) is 0 Å². The van der Waals surface area contributed by atoms with Gasteiger partial charge in [-0.15, -0.1) is 0 Å². The zero-order valence-electron chi connectivity index (χ0n) is 12.9. The second-order valence-electron chi connectivity index (χ2n) is 5.49. The first-order valence-electron chi connectivity index (χ1n) is 7.11. The average Bonchev–Trinajstić information content (AvgIpc) is 2.41. The maximum Gasteiger partial charge on any atom is 0.0426 e. The largest absolute Gasteiger partial charge is 0.370 e. The van der Waals surface area contributed by atoms with Gasteiger partial charge >= 0.3 is 0 Å². The first kappa shape index (κ1) is 14.6. The quantitative estimate of drug-likeness (QED) is 0.890. The molecule has 0 amide bonds.